The molecule has 0 fully saturated rings. The van der Waals surface area contributed by atoms with Gasteiger partial charge < -0.3 is 10.1 Å². The maximum Gasteiger partial charge on any atom is 0.349 e. The Kier molecular flexibility index (Phi) is 6.54. The van der Waals surface area contributed by atoms with E-state index < -0.39 is 18.5 Å². The Labute approximate surface area is 156 Å². The summed E-state index contributed by atoms with van der Waals surface area (Å²) in [7, 11) is 0. The molecule has 2 aromatic carbocycles. The summed E-state index contributed by atoms with van der Waals surface area (Å²) < 4.78 is 4.92. The lowest BCUT2D eigenvalue weighted by Crippen LogP contribution is -2.21. The van der Waals surface area contributed by atoms with Gasteiger partial charge in [0, 0.05) is 10.7 Å². The van der Waals surface area contributed by atoms with Crippen molar-refractivity contribution in [3.05, 3.63) is 69.8 Å². The van der Waals surface area contributed by atoms with Crippen molar-refractivity contribution in [3.8, 4) is 6.07 Å². The number of nitrogens with zero attached hydrogens (tertiary/aromatic N) is 1. The number of carbonyl (C=O) groups is 2. The maximum absolute atomic E-state index is 12.0. The van der Waals surface area contributed by atoms with Gasteiger partial charge >= 0.3 is 5.97 Å². The average molecular weight is 369 g/mol. The van der Waals surface area contributed by atoms with E-state index in [4.69, 9.17) is 21.6 Å². The van der Waals surface area contributed by atoms with Crippen molar-refractivity contribution in [2.75, 3.05) is 11.9 Å². The minimum Gasteiger partial charge on any atom is -0.451 e. The lowest BCUT2D eigenvalue weighted by atomic mass is 10.1. The number of nitrogens with one attached hydrogen (secondary N) is 1. The molecule has 132 valence electrons. The molecule has 0 atom stereocenters. The van der Waals surface area contributed by atoms with Gasteiger partial charge in [-0.05, 0) is 43.2 Å². The molecular weight excluding hydrogens is 352 g/mol. The minimum atomic E-state index is -0.856. The largest absolute Gasteiger partial charge is 0.451 e. The van der Waals surface area contributed by atoms with Crippen LogP contribution in [0.15, 0.2) is 48.0 Å². The Bertz CT molecular complexity index is 896. The monoisotopic (exact) mass is 368 g/mol. The van der Waals surface area contributed by atoms with Gasteiger partial charge in [0.1, 0.15) is 11.6 Å². The van der Waals surface area contributed by atoms with Crippen molar-refractivity contribution in [1.29, 1.82) is 5.26 Å². The van der Waals surface area contributed by atoms with Gasteiger partial charge in [0.2, 0.25) is 0 Å². The maximum atomic E-state index is 12.0. The quantitative estimate of drug-likeness (QED) is 0.490. The molecule has 5 nitrogen and oxygen atoms in total. The second kappa shape index (κ2) is 8.84. The third-order valence-electron chi connectivity index (χ3n) is 3.54. The standard InChI is InChI=1S/C20H17ClN2O3/c1-13-3-6-15(7-4-13)9-16(11-22)20(25)26-12-19(24)23-18-10-17(21)8-5-14(18)2/h3-10H,12H2,1-2H3,(H,23,24)/b16-9+. The molecule has 0 spiro atoms. The molecule has 0 aromatic heterocycles. The summed E-state index contributed by atoms with van der Waals surface area (Å²) in [6.45, 7) is 3.25. The first-order valence-electron chi connectivity index (χ1n) is 7.80. The minimum absolute atomic E-state index is 0.180. The Morgan fingerprint density at radius 2 is 1.88 bits per heavy atom. The Morgan fingerprint density at radius 3 is 2.54 bits per heavy atom. The molecule has 6 heteroatoms. The molecule has 0 aliphatic carbocycles. The van der Waals surface area contributed by atoms with Gasteiger partial charge in [-0.2, -0.15) is 5.26 Å². The van der Waals surface area contributed by atoms with E-state index in [1.807, 2.05) is 26.0 Å². The highest BCUT2D eigenvalue weighted by atomic mass is 35.5. The van der Waals surface area contributed by atoms with E-state index in [0.29, 0.717) is 16.3 Å². The van der Waals surface area contributed by atoms with E-state index in [2.05, 4.69) is 5.32 Å². The summed E-state index contributed by atoms with van der Waals surface area (Å²) in [6.07, 6.45) is 1.42. The molecule has 0 saturated carbocycles. The molecule has 0 heterocycles. The number of halogens is 1. The van der Waals surface area contributed by atoms with Crippen LogP contribution in [-0.4, -0.2) is 18.5 Å². The van der Waals surface area contributed by atoms with Gasteiger partial charge in [0.25, 0.3) is 5.91 Å². The van der Waals surface area contributed by atoms with E-state index in [0.717, 1.165) is 11.1 Å². The van der Waals surface area contributed by atoms with Crippen LogP contribution in [0.4, 0.5) is 5.69 Å². The Hall–Kier alpha value is -3.10. The van der Waals surface area contributed by atoms with Gasteiger partial charge in [-0.15, -0.1) is 0 Å². The van der Waals surface area contributed by atoms with Crippen LogP contribution in [0.2, 0.25) is 5.02 Å². The summed E-state index contributed by atoms with van der Waals surface area (Å²) in [5, 5.41) is 12.2. The second-order valence-corrected chi connectivity index (χ2v) is 6.10. The van der Waals surface area contributed by atoms with Gasteiger partial charge in [-0.25, -0.2) is 4.79 Å². The molecular formula is C20H17ClN2O3. The van der Waals surface area contributed by atoms with Crippen LogP contribution in [0.1, 0.15) is 16.7 Å². The molecule has 0 radical (unpaired) electrons. The molecule has 0 bridgehead atoms. The Morgan fingerprint density at radius 1 is 1.19 bits per heavy atom. The van der Waals surface area contributed by atoms with Crippen molar-refractivity contribution in [3.63, 3.8) is 0 Å². The average Bonchev–Trinajstić information content (AvgIpc) is 2.62. The fraction of sp³-hybridized carbons (Fsp3) is 0.150. The van der Waals surface area contributed by atoms with Crippen LogP contribution in [0.25, 0.3) is 6.08 Å². The first kappa shape index (κ1) is 19.2. The number of aryl methyl sites for hydroxylation is 2. The summed E-state index contributed by atoms with van der Waals surface area (Å²) in [5.41, 5.74) is 2.94. The van der Waals surface area contributed by atoms with Crippen molar-refractivity contribution >= 4 is 35.2 Å². The zero-order chi connectivity index (χ0) is 19.1. The van der Waals surface area contributed by atoms with Crippen LogP contribution >= 0.6 is 11.6 Å². The number of hydrogen-bond acceptors (Lipinski definition) is 4. The van der Waals surface area contributed by atoms with Crippen LogP contribution in [-0.2, 0) is 14.3 Å². The number of hydrogen-bond donors (Lipinski definition) is 1. The van der Waals surface area contributed by atoms with Crippen LogP contribution in [0.5, 0.6) is 0 Å². The molecule has 0 unspecified atom stereocenters. The predicted molar refractivity (Wildman–Crippen MR) is 101 cm³/mol. The number of amides is 1. The van der Waals surface area contributed by atoms with Crippen LogP contribution in [0, 0.1) is 25.2 Å². The van der Waals surface area contributed by atoms with Gasteiger partial charge in [-0.1, -0.05) is 47.5 Å². The number of rotatable bonds is 5. The van der Waals surface area contributed by atoms with E-state index >= 15 is 0 Å². The fourth-order valence-electron chi connectivity index (χ4n) is 2.09. The van der Waals surface area contributed by atoms with Crippen molar-refractivity contribution in [2.45, 2.75) is 13.8 Å². The fourth-order valence-corrected chi connectivity index (χ4v) is 2.26. The molecule has 2 rings (SSSR count). The van der Waals surface area contributed by atoms with E-state index in [9.17, 15) is 9.59 Å². The predicted octanol–water partition coefficient (Wildman–Crippen LogP) is 4.05. The number of carbonyl (C=O) groups excluding carboxylic acids is 2. The molecule has 26 heavy (non-hydrogen) atoms. The summed E-state index contributed by atoms with van der Waals surface area (Å²) in [4.78, 5) is 24.0. The molecule has 0 saturated heterocycles. The number of nitriles is 1. The molecule has 0 aliphatic heterocycles. The lowest BCUT2D eigenvalue weighted by Gasteiger charge is -2.09. The number of ether oxygens (including phenoxy) is 1. The smallest absolute Gasteiger partial charge is 0.349 e. The first-order valence-corrected chi connectivity index (χ1v) is 8.18. The molecule has 1 N–H and O–H groups in total. The van der Waals surface area contributed by atoms with Gasteiger partial charge in [-0.3, -0.25) is 4.79 Å². The van der Waals surface area contributed by atoms with Crippen molar-refractivity contribution < 1.29 is 14.3 Å². The van der Waals surface area contributed by atoms with Crippen molar-refractivity contribution in [1.82, 2.24) is 0 Å². The number of esters is 1. The zero-order valence-electron chi connectivity index (χ0n) is 14.4. The summed E-state index contributed by atoms with van der Waals surface area (Å²) in [5.74, 6) is -1.37. The van der Waals surface area contributed by atoms with Gasteiger partial charge in [0.15, 0.2) is 6.61 Å². The Balaban J connectivity index is 1.97. The van der Waals surface area contributed by atoms with Crippen molar-refractivity contribution in [2.24, 2.45) is 0 Å². The SMILES string of the molecule is Cc1ccc(/C=C(\C#N)C(=O)OCC(=O)Nc2cc(Cl)ccc2C)cc1. The highest BCUT2D eigenvalue weighted by Gasteiger charge is 2.14. The van der Waals surface area contributed by atoms with Crippen LogP contribution in [0.3, 0.4) is 0 Å². The highest BCUT2D eigenvalue weighted by molar-refractivity contribution is 6.31. The van der Waals surface area contributed by atoms with Gasteiger partial charge in [0.05, 0.1) is 0 Å². The third-order valence-corrected chi connectivity index (χ3v) is 3.77. The highest BCUT2D eigenvalue weighted by Crippen LogP contribution is 2.20. The lowest BCUT2D eigenvalue weighted by molar-refractivity contribution is -0.142. The van der Waals surface area contributed by atoms with E-state index in [1.54, 1.807) is 36.4 Å². The van der Waals surface area contributed by atoms with Crippen LogP contribution < -0.4 is 5.32 Å². The third kappa shape index (κ3) is 5.47. The molecule has 0 aliphatic rings. The first-order chi connectivity index (χ1) is 12.4. The zero-order valence-corrected chi connectivity index (χ0v) is 15.1. The molecule has 2 aromatic rings. The second-order valence-electron chi connectivity index (χ2n) is 5.66. The summed E-state index contributed by atoms with van der Waals surface area (Å²) >= 11 is 5.89. The normalized spacial score (nSPS) is 10.8. The number of anilines is 1. The number of benzene rings is 2. The van der Waals surface area contributed by atoms with E-state index in [-0.39, 0.29) is 5.57 Å². The molecule has 1 amide bonds. The van der Waals surface area contributed by atoms with E-state index in [1.165, 1.54) is 6.08 Å². The topological polar surface area (TPSA) is 79.2 Å². The summed E-state index contributed by atoms with van der Waals surface area (Å²) in [6, 6.07) is 14.2.